The summed E-state index contributed by atoms with van der Waals surface area (Å²) in [6.07, 6.45) is 0. The lowest BCUT2D eigenvalue weighted by Gasteiger charge is -2.12. The molecule has 0 saturated carbocycles. The van der Waals surface area contributed by atoms with Crippen LogP contribution in [0.1, 0.15) is 5.56 Å². The SMILES string of the molecule is Cc1cccc(-c2ccc(S(N)(=O)=O)cc2-c2ccccc2)c1. The molecule has 0 spiro atoms. The predicted molar refractivity (Wildman–Crippen MR) is 93.4 cm³/mol. The minimum atomic E-state index is -3.74. The van der Waals surface area contributed by atoms with E-state index in [4.69, 9.17) is 5.14 Å². The number of sulfonamides is 1. The Hall–Kier alpha value is -2.43. The number of primary sulfonamides is 1. The van der Waals surface area contributed by atoms with Crippen LogP contribution in [0, 0.1) is 6.92 Å². The van der Waals surface area contributed by atoms with Gasteiger partial charge in [-0.2, -0.15) is 0 Å². The third kappa shape index (κ3) is 3.33. The number of rotatable bonds is 3. The van der Waals surface area contributed by atoms with Crippen LogP contribution in [0.5, 0.6) is 0 Å². The molecule has 116 valence electrons. The fourth-order valence-corrected chi connectivity index (χ4v) is 3.16. The van der Waals surface area contributed by atoms with Gasteiger partial charge in [0.2, 0.25) is 10.0 Å². The highest BCUT2D eigenvalue weighted by atomic mass is 32.2. The van der Waals surface area contributed by atoms with Gasteiger partial charge in [-0.1, -0.05) is 66.2 Å². The molecule has 0 aliphatic rings. The minimum absolute atomic E-state index is 0.118. The number of hydrogen-bond acceptors (Lipinski definition) is 2. The maximum Gasteiger partial charge on any atom is 0.238 e. The Morgan fingerprint density at radius 2 is 1.43 bits per heavy atom. The molecule has 0 heterocycles. The Labute approximate surface area is 136 Å². The molecule has 0 bridgehead atoms. The van der Waals surface area contributed by atoms with Crippen molar-refractivity contribution in [3.05, 3.63) is 78.4 Å². The molecular weight excluding hydrogens is 306 g/mol. The van der Waals surface area contributed by atoms with E-state index in [1.807, 2.05) is 61.5 Å². The molecule has 2 N–H and O–H groups in total. The van der Waals surface area contributed by atoms with Crippen molar-refractivity contribution in [3.63, 3.8) is 0 Å². The second-order valence-electron chi connectivity index (χ2n) is 5.49. The van der Waals surface area contributed by atoms with Gasteiger partial charge in [0, 0.05) is 0 Å². The molecule has 4 heteroatoms. The Morgan fingerprint density at radius 3 is 2.09 bits per heavy atom. The zero-order valence-corrected chi connectivity index (χ0v) is 13.5. The van der Waals surface area contributed by atoms with Crippen molar-refractivity contribution in [1.29, 1.82) is 0 Å². The van der Waals surface area contributed by atoms with Gasteiger partial charge in [0.15, 0.2) is 0 Å². The van der Waals surface area contributed by atoms with Crippen LogP contribution in [0.15, 0.2) is 77.7 Å². The Balaban J connectivity index is 2.28. The molecule has 3 nitrogen and oxygen atoms in total. The Morgan fingerprint density at radius 1 is 0.739 bits per heavy atom. The van der Waals surface area contributed by atoms with E-state index in [-0.39, 0.29) is 4.90 Å². The van der Waals surface area contributed by atoms with Gasteiger partial charge in [0.05, 0.1) is 4.90 Å². The lowest BCUT2D eigenvalue weighted by molar-refractivity contribution is 0.598. The molecule has 0 aliphatic heterocycles. The van der Waals surface area contributed by atoms with Gasteiger partial charge in [0.25, 0.3) is 0 Å². The summed E-state index contributed by atoms with van der Waals surface area (Å²) < 4.78 is 23.4. The summed E-state index contributed by atoms with van der Waals surface area (Å²) in [7, 11) is -3.74. The molecular formula is C19H17NO2S. The summed E-state index contributed by atoms with van der Waals surface area (Å²) in [5, 5.41) is 5.29. The Kier molecular flexibility index (Phi) is 4.03. The molecule has 0 fully saturated rings. The summed E-state index contributed by atoms with van der Waals surface area (Å²) in [6, 6.07) is 22.8. The van der Waals surface area contributed by atoms with Crippen molar-refractivity contribution in [3.8, 4) is 22.3 Å². The van der Waals surface area contributed by atoms with Crippen LogP contribution in [0.2, 0.25) is 0 Å². The van der Waals surface area contributed by atoms with Crippen molar-refractivity contribution in [2.75, 3.05) is 0 Å². The standard InChI is InChI=1S/C19H17NO2S/c1-14-6-5-9-16(12-14)18-11-10-17(23(20,21)22)13-19(18)15-7-3-2-4-8-15/h2-13H,1H3,(H2,20,21,22). The fourth-order valence-electron chi connectivity index (χ4n) is 2.62. The first-order valence-electron chi connectivity index (χ1n) is 7.24. The molecule has 0 radical (unpaired) electrons. The van der Waals surface area contributed by atoms with E-state index in [0.717, 1.165) is 27.8 Å². The molecule has 0 unspecified atom stereocenters. The van der Waals surface area contributed by atoms with Crippen molar-refractivity contribution < 1.29 is 8.42 Å². The number of aryl methyl sites for hydroxylation is 1. The van der Waals surface area contributed by atoms with Gasteiger partial charge in [-0.25, -0.2) is 13.6 Å². The van der Waals surface area contributed by atoms with E-state index in [2.05, 4.69) is 6.07 Å². The maximum atomic E-state index is 11.7. The molecule has 3 aromatic rings. The van der Waals surface area contributed by atoms with E-state index >= 15 is 0 Å². The average Bonchev–Trinajstić information content (AvgIpc) is 2.54. The minimum Gasteiger partial charge on any atom is -0.225 e. The number of nitrogens with two attached hydrogens (primary N) is 1. The lowest BCUT2D eigenvalue weighted by atomic mass is 9.94. The molecule has 0 saturated heterocycles. The first-order chi connectivity index (χ1) is 10.9. The van der Waals surface area contributed by atoms with Crippen molar-refractivity contribution in [2.24, 2.45) is 5.14 Å². The normalized spacial score (nSPS) is 11.4. The smallest absolute Gasteiger partial charge is 0.225 e. The molecule has 23 heavy (non-hydrogen) atoms. The number of benzene rings is 3. The van der Waals surface area contributed by atoms with Crippen LogP contribution in [0.25, 0.3) is 22.3 Å². The highest BCUT2D eigenvalue weighted by Gasteiger charge is 2.14. The topological polar surface area (TPSA) is 60.2 Å². The van der Waals surface area contributed by atoms with E-state index in [9.17, 15) is 8.42 Å². The van der Waals surface area contributed by atoms with Crippen molar-refractivity contribution >= 4 is 10.0 Å². The summed E-state index contributed by atoms with van der Waals surface area (Å²) >= 11 is 0. The van der Waals surface area contributed by atoms with E-state index in [1.165, 1.54) is 0 Å². The summed E-state index contributed by atoms with van der Waals surface area (Å²) in [5.74, 6) is 0. The summed E-state index contributed by atoms with van der Waals surface area (Å²) in [4.78, 5) is 0.118. The van der Waals surface area contributed by atoms with Crippen LogP contribution in [0.4, 0.5) is 0 Å². The van der Waals surface area contributed by atoms with E-state index in [1.54, 1.807) is 12.1 Å². The number of hydrogen-bond donors (Lipinski definition) is 1. The first-order valence-corrected chi connectivity index (χ1v) is 8.79. The lowest BCUT2D eigenvalue weighted by Crippen LogP contribution is -2.12. The second-order valence-corrected chi connectivity index (χ2v) is 7.05. The van der Waals surface area contributed by atoms with Gasteiger partial charge in [0.1, 0.15) is 0 Å². The molecule has 0 aliphatic carbocycles. The van der Waals surface area contributed by atoms with Gasteiger partial charge < -0.3 is 0 Å². The summed E-state index contributed by atoms with van der Waals surface area (Å²) in [5.41, 5.74) is 4.98. The zero-order chi connectivity index (χ0) is 16.4. The highest BCUT2D eigenvalue weighted by molar-refractivity contribution is 7.89. The predicted octanol–water partition coefficient (Wildman–Crippen LogP) is 3.98. The first kappa shape index (κ1) is 15.5. The van der Waals surface area contributed by atoms with E-state index < -0.39 is 10.0 Å². The molecule has 3 rings (SSSR count). The van der Waals surface area contributed by atoms with E-state index in [0.29, 0.717) is 0 Å². The molecule has 0 aromatic heterocycles. The quantitative estimate of drug-likeness (QED) is 0.792. The van der Waals surface area contributed by atoms with Gasteiger partial charge in [-0.3, -0.25) is 0 Å². The van der Waals surface area contributed by atoms with Crippen LogP contribution in [-0.4, -0.2) is 8.42 Å². The molecule has 3 aromatic carbocycles. The van der Waals surface area contributed by atoms with Gasteiger partial charge in [-0.15, -0.1) is 0 Å². The van der Waals surface area contributed by atoms with Crippen LogP contribution >= 0.6 is 0 Å². The monoisotopic (exact) mass is 323 g/mol. The van der Waals surface area contributed by atoms with Gasteiger partial charge >= 0.3 is 0 Å². The third-order valence-corrected chi connectivity index (χ3v) is 4.64. The highest BCUT2D eigenvalue weighted by Crippen LogP contribution is 2.34. The van der Waals surface area contributed by atoms with Crippen LogP contribution in [0.3, 0.4) is 0 Å². The van der Waals surface area contributed by atoms with Crippen molar-refractivity contribution in [1.82, 2.24) is 0 Å². The molecule has 0 amide bonds. The fraction of sp³-hybridized carbons (Fsp3) is 0.0526. The van der Waals surface area contributed by atoms with Gasteiger partial charge in [-0.05, 0) is 41.3 Å². The van der Waals surface area contributed by atoms with Crippen molar-refractivity contribution in [2.45, 2.75) is 11.8 Å². The average molecular weight is 323 g/mol. The Bertz CT molecular complexity index is 948. The summed E-state index contributed by atoms with van der Waals surface area (Å²) in [6.45, 7) is 2.03. The second kappa shape index (κ2) is 5.99. The van der Waals surface area contributed by atoms with Crippen LogP contribution in [-0.2, 0) is 10.0 Å². The third-order valence-electron chi connectivity index (χ3n) is 3.73. The zero-order valence-electron chi connectivity index (χ0n) is 12.7. The maximum absolute atomic E-state index is 11.7. The van der Waals surface area contributed by atoms with Crippen LogP contribution < -0.4 is 5.14 Å². The largest absolute Gasteiger partial charge is 0.238 e. The molecule has 0 atom stereocenters.